The zero-order chi connectivity index (χ0) is 15.2. The van der Waals surface area contributed by atoms with Crippen molar-refractivity contribution in [3.63, 3.8) is 0 Å². The molecule has 22 heavy (non-hydrogen) atoms. The van der Waals surface area contributed by atoms with E-state index in [2.05, 4.69) is 15.5 Å². The molecule has 0 saturated heterocycles. The summed E-state index contributed by atoms with van der Waals surface area (Å²) in [6.45, 7) is 0.577. The molecular formula is C17H16N4O. The third-order valence-electron chi connectivity index (χ3n) is 3.31. The zero-order valence-electron chi connectivity index (χ0n) is 12.0. The lowest BCUT2D eigenvalue weighted by atomic mass is 10.2. The number of amides is 1. The molecule has 1 aromatic heterocycles. The summed E-state index contributed by atoms with van der Waals surface area (Å²) < 4.78 is 1.97. The first-order valence-corrected chi connectivity index (χ1v) is 7.10. The van der Waals surface area contributed by atoms with Crippen LogP contribution in [0.1, 0.15) is 12.0 Å². The maximum absolute atomic E-state index is 11.8. The van der Waals surface area contributed by atoms with Gasteiger partial charge in [0.25, 0.3) is 0 Å². The van der Waals surface area contributed by atoms with Crippen molar-refractivity contribution in [3.05, 3.63) is 66.5 Å². The number of aryl methyl sites for hydroxylation is 1. The maximum Gasteiger partial charge on any atom is 0.241 e. The fraction of sp³-hybridized carbons (Fsp3) is 0.118. The number of hydrogen-bond donors (Lipinski definition) is 1. The second-order valence-electron chi connectivity index (χ2n) is 4.88. The smallest absolute Gasteiger partial charge is 0.241 e. The Labute approximate surface area is 128 Å². The second kappa shape index (κ2) is 6.67. The van der Waals surface area contributed by atoms with E-state index in [4.69, 9.17) is 0 Å². The van der Waals surface area contributed by atoms with Crippen LogP contribution in [0.2, 0.25) is 0 Å². The average Bonchev–Trinajstić information content (AvgIpc) is 2.97. The fourth-order valence-corrected chi connectivity index (χ4v) is 2.18. The molecule has 0 unspecified atom stereocenters. The number of nitrogens with zero attached hydrogens (tertiary/aromatic N) is 3. The quantitative estimate of drug-likeness (QED) is 0.580. The lowest BCUT2D eigenvalue weighted by Crippen LogP contribution is -2.19. The molecule has 0 aliphatic carbocycles. The van der Waals surface area contributed by atoms with Crippen LogP contribution in [0.15, 0.2) is 66.0 Å². The van der Waals surface area contributed by atoms with E-state index in [-0.39, 0.29) is 5.91 Å². The Balaban J connectivity index is 1.53. The van der Waals surface area contributed by atoms with Crippen molar-refractivity contribution in [2.24, 2.45) is 5.10 Å². The number of carbonyl (C=O) groups is 1. The Kier molecular flexibility index (Phi) is 4.25. The first-order chi connectivity index (χ1) is 10.8. The van der Waals surface area contributed by atoms with Gasteiger partial charge in [0.1, 0.15) is 0 Å². The summed E-state index contributed by atoms with van der Waals surface area (Å²) in [5.74, 6) is -0.120. The number of carbonyl (C=O) groups excluding carboxylic acids is 1. The summed E-state index contributed by atoms with van der Waals surface area (Å²) in [4.78, 5) is 16.1. The van der Waals surface area contributed by atoms with Gasteiger partial charge in [0.2, 0.25) is 5.91 Å². The van der Waals surface area contributed by atoms with Crippen molar-refractivity contribution in [1.29, 1.82) is 0 Å². The highest BCUT2D eigenvalue weighted by Gasteiger charge is 2.04. The van der Waals surface area contributed by atoms with Gasteiger partial charge in [-0.25, -0.2) is 10.4 Å². The third kappa shape index (κ3) is 3.38. The van der Waals surface area contributed by atoms with Crippen molar-refractivity contribution < 1.29 is 4.79 Å². The van der Waals surface area contributed by atoms with Crippen molar-refractivity contribution in [3.8, 4) is 0 Å². The third-order valence-corrected chi connectivity index (χ3v) is 3.31. The molecule has 0 atom stereocenters. The van der Waals surface area contributed by atoms with Crippen LogP contribution in [0.3, 0.4) is 0 Å². The largest absolute Gasteiger partial charge is 0.330 e. The molecule has 0 saturated carbocycles. The minimum Gasteiger partial charge on any atom is -0.330 e. The van der Waals surface area contributed by atoms with Crippen molar-refractivity contribution in [2.75, 3.05) is 0 Å². The normalized spacial score (nSPS) is 11.1. The first-order valence-electron chi connectivity index (χ1n) is 7.10. The SMILES string of the molecule is O=C(CCn1cnc2ccccc21)NN=Cc1ccccc1. The molecule has 2 aromatic carbocycles. The molecule has 0 aliphatic heterocycles. The summed E-state index contributed by atoms with van der Waals surface area (Å²) >= 11 is 0. The summed E-state index contributed by atoms with van der Waals surface area (Å²) in [5, 5.41) is 3.95. The molecule has 5 heteroatoms. The monoisotopic (exact) mass is 292 g/mol. The Morgan fingerprint density at radius 1 is 1.14 bits per heavy atom. The lowest BCUT2D eigenvalue weighted by Gasteiger charge is -2.03. The molecule has 3 rings (SSSR count). The van der Waals surface area contributed by atoms with Gasteiger partial charge in [-0.3, -0.25) is 4.79 Å². The predicted octanol–water partition coefficient (Wildman–Crippen LogP) is 2.58. The van der Waals surface area contributed by atoms with Gasteiger partial charge >= 0.3 is 0 Å². The van der Waals surface area contributed by atoms with Crippen molar-refractivity contribution in [1.82, 2.24) is 15.0 Å². The Bertz CT molecular complexity index is 793. The number of benzene rings is 2. The molecular weight excluding hydrogens is 276 g/mol. The van der Waals surface area contributed by atoms with E-state index in [1.54, 1.807) is 12.5 Å². The van der Waals surface area contributed by atoms with Gasteiger partial charge < -0.3 is 4.57 Å². The molecule has 5 nitrogen and oxygen atoms in total. The van der Waals surface area contributed by atoms with E-state index >= 15 is 0 Å². The van der Waals surface area contributed by atoms with Crippen LogP contribution in [-0.4, -0.2) is 21.7 Å². The van der Waals surface area contributed by atoms with E-state index in [0.29, 0.717) is 13.0 Å². The number of fused-ring (bicyclic) bond motifs is 1. The van der Waals surface area contributed by atoms with Crippen molar-refractivity contribution >= 4 is 23.2 Å². The van der Waals surface area contributed by atoms with Crippen LogP contribution >= 0.6 is 0 Å². The van der Waals surface area contributed by atoms with Crippen LogP contribution in [-0.2, 0) is 11.3 Å². The molecule has 1 N–H and O–H groups in total. The summed E-state index contributed by atoms with van der Waals surface area (Å²) in [7, 11) is 0. The fourth-order valence-electron chi connectivity index (χ4n) is 2.18. The predicted molar refractivity (Wildman–Crippen MR) is 86.5 cm³/mol. The highest BCUT2D eigenvalue weighted by Crippen LogP contribution is 2.11. The Morgan fingerprint density at radius 3 is 2.77 bits per heavy atom. The number of nitrogens with one attached hydrogen (secondary N) is 1. The maximum atomic E-state index is 11.8. The molecule has 0 bridgehead atoms. The Morgan fingerprint density at radius 2 is 1.91 bits per heavy atom. The number of aromatic nitrogens is 2. The lowest BCUT2D eigenvalue weighted by molar-refractivity contribution is -0.121. The topological polar surface area (TPSA) is 59.3 Å². The van der Waals surface area contributed by atoms with Crippen LogP contribution in [0, 0.1) is 0 Å². The molecule has 3 aromatic rings. The molecule has 0 fully saturated rings. The van der Waals surface area contributed by atoms with Gasteiger partial charge in [-0.1, -0.05) is 42.5 Å². The van der Waals surface area contributed by atoms with E-state index in [1.165, 1.54) is 0 Å². The number of rotatable bonds is 5. The van der Waals surface area contributed by atoms with Crippen LogP contribution in [0.5, 0.6) is 0 Å². The van der Waals surface area contributed by atoms with E-state index < -0.39 is 0 Å². The Hall–Kier alpha value is -2.95. The van der Waals surface area contributed by atoms with Gasteiger partial charge in [-0.05, 0) is 17.7 Å². The van der Waals surface area contributed by atoms with Gasteiger partial charge in [-0.15, -0.1) is 0 Å². The summed E-state index contributed by atoms with van der Waals surface area (Å²) in [5.41, 5.74) is 5.45. The number of para-hydroxylation sites is 2. The second-order valence-corrected chi connectivity index (χ2v) is 4.88. The van der Waals surface area contributed by atoms with E-state index in [9.17, 15) is 4.79 Å². The minimum absolute atomic E-state index is 0.120. The van der Waals surface area contributed by atoms with Gasteiger partial charge in [0.05, 0.1) is 23.6 Å². The van der Waals surface area contributed by atoms with E-state index in [0.717, 1.165) is 16.6 Å². The van der Waals surface area contributed by atoms with Crippen LogP contribution < -0.4 is 5.43 Å². The van der Waals surface area contributed by atoms with Crippen LogP contribution in [0.4, 0.5) is 0 Å². The first kappa shape index (κ1) is 14.0. The number of hydrazone groups is 1. The number of imidazole rings is 1. The molecule has 110 valence electrons. The molecule has 1 amide bonds. The molecule has 0 spiro atoms. The van der Waals surface area contributed by atoms with Crippen molar-refractivity contribution in [2.45, 2.75) is 13.0 Å². The summed E-state index contributed by atoms with van der Waals surface area (Å²) in [6, 6.07) is 17.5. The standard InChI is InChI=1S/C17H16N4O/c22-17(20-19-12-14-6-2-1-3-7-14)10-11-21-13-18-15-8-4-5-9-16(15)21/h1-9,12-13H,10-11H2,(H,20,22). The highest BCUT2D eigenvalue weighted by atomic mass is 16.2. The molecule has 0 aliphatic rings. The van der Waals surface area contributed by atoms with Gasteiger partial charge in [-0.2, -0.15) is 5.10 Å². The molecule has 1 heterocycles. The van der Waals surface area contributed by atoms with Gasteiger partial charge in [0, 0.05) is 13.0 Å². The van der Waals surface area contributed by atoms with Crippen LogP contribution in [0.25, 0.3) is 11.0 Å². The van der Waals surface area contributed by atoms with E-state index in [1.807, 2.05) is 59.2 Å². The number of hydrogen-bond acceptors (Lipinski definition) is 3. The zero-order valence-corrected chi connectivity index (χ0v) is 12.0. The highest BCUT2D eigenvalue weighted by molar-refractivity contribution is 5.82. The minimum atomic E-state index is -0.120. The van der Waals surface area contributed by atoms with Gasteiger partial charge in [0.15, 0.2) is 0 Å². The molecule has 0 radical (unpaired) electrons. The average molecular weight is 292 g/mol. The summed E-state index contributed by atoms with van der Waals surface area (Å²) in [6.07, 6.45) is 3.74.